The molecule has 0 aliphatic carbocycles. The van der Waals surface area contributed by atoms with E-state index in [2.05, 4.69) is 136 Å². The number of nitrogens with zero attached hydrogens (tertiary/aromatic N) is 1. The van der Waals surface area contributed by atoms with Crippen LogP contribution in [0.2, 0.25) is 0 Å². The minimum absolute atomic E-state index is 0.0753. The minimum Gasteiger partial charge on any atom is -0.351 e. The molecule has 6 rings (SSSR count). The molecular weight excluding hydrogens is 547 g/mol. The van der Waals surface area contributed by atoms with Crippen molar-refractivity contribution in [3.05, 3.63) is 94.9 Å². The lowest BCUT2D eigenvalue weighted by Crippen LogP contribution is -2.40. The van der Waals surface area contributed by atoms with Crippen molar-refractivity contribution in [2.75, 3.05) is 6.54 Å². The van der Waals surface area contributed by atoms with Gasteiger partial charge < -0.3 is 15.2 Å². The molecule has 2 N–H and O–H groups in total. The van der Waals surface area contributed by atoms with Crippen molar-refractivity contribution >= 4 is 28.1 Å². The predicted octanol–water partition coefficient (Wildman–Crippen LogP) is 9.03. The van der Waals surface area contributed by atoms with Crippen LogP contribution in [0.15, 0.2) is 78.9 Å². The van der Waals surface area contributed by atoms with Crippen molar-refractivity contribution < 1.29 is 4.79 Å². The Kier molecular flexibility index (Phi) is 8.06. The van der Waals surface area contributed by atoms with Crippen LogP contribution in [-0.4, -0.2) is 23.1 Å². The second-order valence-corrected chi connectivity index (χ2v) is 14.4. The van der Waals surface area contributed by atoms with E-state index in [9.17, 15) is 4.79 Å². The molecule has 1 aliphatic rings. The number of carbonyl (C=O) groups excluding carboxylic acids is 1. The molecule has 0 spiro atoms. The number of thiophene rings is 1. The van der Waals surface area contributed by atoms with Gasteiger partial charge in [0.1, 0.15) is 0 Å². The zero-order valence-electron chi connectivity index (χ0n) is 26.3. The molecule has 43 heavy (non-hydrogen) atoms. The quantitative estimate of drug-likeness (QED) is 0.199. The van der Waals surface area contributed by atoms with E-state index >= 15 is 0 Å². The van der Waals surface area contributed by atoms with Crippen molar-refractivity contribution in [1.82, 2.24) is 15.2 Å². The Bertz CT molecular complexity index is 1780. The molecular formula is C38H43N3OS. The molecule has 222 valence electrons. The van der Waals surface area contributed by atoms with Gasteiger partial charge in [-0.05, 0) is 100 Å². The van der Waals surface area contributed by atoms with E-state index in [1.165, 1.54) is 54.2 Å². The summed E-state index contributed by atoms with van der Waals surface area (Å²) < 4.78 is 2.30. The van der Waals surface area contributed by atoms with Crippen molar-refractivity contribution in [3.63, 3.8) is 0 Å². The molecule has 1 amide bonds. The second kappa shape index (κ2) is 11.8. The number of amides is 1. The van der Waals surface area contributed by atoms with Crippen LogP contribution >= 0.6 is 11.3 Å². The molecule has 0 radical (unpaired) electrons. The van der Waals surface area contributed by atoms with E-state index in [-0.39, 0.29) is 17.4 Å². The van der Waals surface area contributed by atoms with Gasteiger partial charge in [-0.3, -0.25) is 4.79 Å². The number of hydrogen-bond acceptors (Lipinski definition) is 3. The number of hydrogen-bond donors (Lipinski definition) is 2. The van der Waals surface area contributed by atoms with E-state index in [0.717, 1.165) is 24.9 Å². The van der Waals surface area contributed by atoms with Crippen molar-refractivity contribution in [1.29, 1.82) is 0 Å². The zero-order chi connectivity index (χ0) is 30.3. The average molecular weight is 590 g/mol. The SMILES string of the molecule is CC(C)c1ccc(-c2cc(-c3cc4cc(-c5cccc(C(C)(C)C)c5)ccc4n3C)ccc2CNC(=O)[C@H]2CCCN2)s1. The number of aryl methyl sites for hydroxylation is 1. The summed E-state index contributed by atoms with van der Waals surface area (Å²) in [6, 6.07) is 29.2. The first-order valence-electron chi connectivity index (χ1n) is 15.5. The van der Waals surface area contributed by atoms with Gasteiger partial charge in [0.05, 0.1) is 6.04 Å². The number of fused-ring (bicyclic) bond motifs is 1. The van der Waals surface area contributed by atoms with Gasteiger partial charge in [-0.25, -0.2) is 0 Å². The van der Waals surface area contributed by atoms with Gasteiger partial charge >= 0.3 is 0 Å². The molecule has 5 heteroatoms. The summed E-state index contributed by atoms with van der Waals surface area (Å²) in [5.74, 6) is 0.578. The Labute approximate surface area is 260 Å². The van der Waals surface area contributed by atoms with E-state index in [4.69, 9.17) is 0 Å². The van der Waals surface area contributed by atoms with Gasteiger partial charge in [0.25, 0.3) is 0 Å². The van der Waals surface area contributed by atoms with Gasteiger partial charge in [-0.15, -0.1) is 11.3 Å². The normalized spacial score (nSPS) is 15.5. The molecule has 0 unspecified atom stereocenters. The highest BCUT2D eigenvalue weighted by Gasteiger charge is 2.22. The molecule has 4 nitrogen and oxygen atoms in total. The number of nitrogens with one attached hydrogen (secondary N) is 2. The molecule has 5 aromatic rings. The van der Waals surface area contributed by atoms with Gasteiger partial charge in [0.15, 0.2) is 0 Å². The maximum absolute atomic E-state index is 12.8. The van der Waals surface area contributed by atoms with Crippen LogP contribution in [0.3, 0.4) is 0 Å². The third-order valence-corrected chi connectivity index (χ3v) is 10.2. The maximum Gasteiger partial charge on any atom is 0.237 e. The predicted molar refractivity (Wildman–Crippen MR) is 183 cm³/mol. The first-order chi connectivity index (χ1) is 20.6. The van der Waals surface area contributed by atoms with Crippen LogP contribution in [0.5, 0.6) is 0 Å². The lowest BCUT2D eigenvalue weighted by molar-refractivity contribution is -0.122. The van der Waals surface area contributed by atoms with Crippen LogP contribution in [-0.2, 0) is 23.8 Å². The third kappa shape index (κ3) is 6.07. The van der Waals surface area contributed by atoms with Gasteiger partial charge in [-0.2, -0.15) is 0 Å². The average Bonchev–Trinajstić information content (AvgIpc) is 3.76. The molecule has 0 bridgehead atoms. The van der Waals surface area contributed by atoms with Crippen molar-refractivity contribution in [2.24, 2.45) is 7.05 Å². The molecule has 1 saturated heterocycles. The largest absolute Gasteiger partial charge is 0.351 e. The Morgan fingerprint density at radius 3 is 2.49 bits per heavy atom. The molecule has 1 atom stereocenters. The molecule has 3 heterocycles. The fourth-order valence-electron chi connectivity index (χ4n) is 6.11. The Hall–Kier alpha value is -3.67. The molecule has 1 fully saturated rings. The standard InChI is InChI=1S/C38H43N3OS/c1-24(2)35-16-17-36(43-35)31-21-27(12-13-28(31)23-40-37(42)32-11-8-18-39-32)34-22-29-19-26(14-15-33(29)41(34)6)25-9-7-10-30(20-25)38(3,4)5/h7,9-10,12-17,19-22,24,32,39H,8,11,18,23H2,1-6H3,(H,40,42)/t32-/m1/s1. The van der Waals surface area contributed by atoms with Crippen LogP contribution < -0.4 is 10.6 Å². The maximum atomic E-state index is 12.8. The lowest BCUT2D eigenvalue weighted by Gasteiger charge is -2.19. The summed E-state index contributed by atoms with van der Waals surface area (Å²) in [7, 11) is 2.15. The number of aromatic nitrogens is 1. The van der Waals surface area contributed by atoms with Crippen molar-refractivity contribution in [3.8, 4) is 32.8 Å². The molecule has 3 aromatic carbocycles. The zero-order valence-corrected chi connectivity index (χ0v) is 27.1. The topological polar surface area (TPSA) is 46.1 Å². The van der Waals surface area contributed by atoms with E-state index in [1.807, 2.05) is 11.3 Å². The summed E-state index contributed by atoms with van der Waals surface area (Å²) in [6.07, 6.45) is 1.96. The van der Waals surface area contributed by atoms with Crippen LogP contribution in [0, 0.1) is 0 Å². The van der Waals surface area contributed by atoms with E-state index in [0.29, 0.717) is 12.5 Å². The van der Waals surface area contributed by atoms with E-state index in [1.54, 1.807) is 0 Å². The summed E-state index contributed by atoms with van der Waals surface area (Å²) in [6.45, 7) is 12.7. The summed E-state index contributed by atoms with van der Waals surface area (Å²) in [5, 5.41) is 7.75. The number of benzene rings is 3. The molecule has 2 aromatic heterocycles. The Morgan fingerprint density at radius 1 is 0.977 bits per heavy atom. The lowest BCUT2D eigenvalue weighted by atomic mass is 9.85. The highest BCUT2D eigenvalue weighted by Crippen LogP contribution is 2.38. The fourth-order valence-corrected chi connectivity index (χ4v) is 7.17. The van der Waals surface area contributed by atoms with E-state index < -0.39 is 0 Å². The Morgan fingerprint density at radius 2 is 1.77 bits per heavy atom. The Balaban J connectivity index is 1.36. The fraction of sp³-hybridized carbons (Fsp3) is 0.342. The van der Waals surface area contributed by atoms with Crippen LogP contribution in [0.25, 0.3) is 43.7 Å². The first kappa shape index (κ1) is 29.4. The summed E-state index contributed by atoms with van der Waals surface area (Å²) in [4.78, 5) is 15.4. The van der Waals surface area contributed by atoms with Crippen LogP contribution in [0.1, 0.15) is 69.4 Å². The van der Waals surface area contributed by atoms with Crippen molar-refractivity contribution in [2.45, 2.75) is 71.4 Å². The number of rotatable bonds is 7. The van der Waals surface area contributed by atoms with Gasteiger partial charge in [0.2, 0.25) is 5.91 Å². The molecule has 1 aliphatic heterocycles. The van der Waals surface area contributed by atoms with Gasteiger partial charge in [0, 0.05) is 39.9 Å². The molecule has 0 saturated carbocycles. The monoisotopic (exact) mass is 589 g/mol. The second-order valence-electron chi connectivity index (χ2n) is 13.3. The minimum atomic E-state index is -0.0753. The summed E-state index contributed by atoms with van der Waals surface area (Å²) >= 11 is 1.85. The highest BCUT2D eigenvalue weighted by atomic mass is 32.1. The number of carbonyl (C=O) groups is 1. The van der Waals surface area contributed by atoms with Gasteiger partial charge in [-0.1, -0.05) is 77.1 Å². The smallest absolute Gasteiger partial charge is 0.237 e. The first-order valence-corrected chi connectivity index (χ1v) is 16.3. The van der Waals surface area contributed by atoms with Crippen LogP contribution in [0.4, 0.5) is 0 Å². The third-order valence-electron chi connectivity index (χ3n) is 8.80. The highest BCUT2D eigenvalue weighted by molar-refractivity contribution is 7.15. The summed E-state index contributed by atoms with van der Waals surface area (Å²) in [5.41, 5.74) is 9.85.